The van der Waals surface area contributed by atoms with Crippen LogP contribution in [0.2, 0.25) is 0 Å². The van der Waals surface area contributed by atoms with Gasteiger partial charge in [0.2, 0.25) is 5.91 Å². The van der Waals surface area contributed by atoms with Crippen molar-refractivity contribution in [1.29, 1.82) is 0 Å². The third-order valence-electron chi connectivity index (χ3n) is 3.60. The number of amides is 2. The summed E-state index contributed by atoms with van der Waals surface area (Å²) in [7, 11) is 1.51. The molecule has 2 rings (SSSR count). The van der Waals surface area contributed by atoms with Crippen LogP contribution >= 0.6 is 15.9 Å². The normalized spacial score (nSPS) is 10.2. The lowest BCUT2D eigenvalue weighted by atomic mass is 10.2. The molecule has 6 nitrogen and oxygen atoms in total. The summed E-state index contributed by atoms with van der Waals surface area (Å²) in [6.07, 6.45) is 0. The van der Waals surface area contributed by atoms with E-state index < -0.39 is 0 Å². The molecule has 138 valence electrons. The van der Waals surface area contributed by atoms with Crippen LogP contribution in [-0.4, -0.2) is 32.1 Å². The molecule has 2 aromatic rings. The second-order valence-corrected chi connectivity index (χ2v) is 6.40. The van der Waals surface area contributed by atoms with E-state index in [-0.39, 0.29) is 18.4 Å². The zero-order chi connectivity index (χ0) is 19.1. The van der Waals surface area contributed by atoms with Gasteiger partial charge in [-0.25, -0.2) is 0 Å². The first-order chi connectivity index (χ1) is 12.4. The molecule has 0 saturated heterocycles. The molecule has 0 saturated carbocycles. The molecule has 0 heterocycles. The summed E-state index contributed by atoms with van der Waals surface area (Å²) >= 11 is 3.38. The summed E-state index contributed by atoms with van der Waals surface area (Å²) in [5.74, 6) is 0.361. The maximum absolute atomic E-state index is 12.3. The minimum Gasteiger partial charge on any atom is -0.493 e. The summed E-state index contributed by atoms with van der Waals surface area (Å²) in [5, 5.41) is 5.37. The Morgan fingerprint density at radius 1 is 1.12 bits per heavy atom. The van der Waals surface area contributed by atoms with E-state index in [1.807, 2.05) is 26.0 Å². The van der Waals surface area contributed by atoms with E-state index >= 15 is 0 Å². The molecule has 0 atom stereocenters. The predicted octanol–water partition coefficient (Wildman–Crippen LogP) is 3.53. The number of hydrogen-bond donors (Lipinski definition) is 2. The summed E-state index contributed by atoms with van der Waals surface area (Å²) in [5.41, 5.74) is 2.02. The van der Waals surface area contributed by atoms with Crippen LogP contribution in [0.15, 0.2) is 40.9 Å². The molecule has 2 aromatic carbocycles. The Morgan fingerprint density at radius 2 is 1.88 bits per heavy atom. The Bertz CT molecular complexity index is 808. The Hall–Kier alpha value is -2.54. The smallest absolute Gasteiger partial charge is 0.251 e. The van der Waals surface area contributed by atoms with E-state index in [9.17, 15) is 9.59 Å². The number of benzene rings is 2. The van der Waals surface area contributed by atoms with Crippen LogP contribution in [0, 0.1) is 6.92 Å². The SMILES string of the molecule is CCOc1ccc(C(=O)NCC(=O)Nc2ccc(Br)cc2C)cc1OC. The number of aryl methyl sites for hydroxylation is 1. The fourth-order valence-corrected chi connectivity index (χ4v) is 2.78. The quantitative estimate of drug-likeness (QED) is 0.717. The Balaban J connectivity index is 1.96. The Labute approximate surface area is 161 Å². The number of carbonyl (C=O) groups excluding carboxylic acids is 2. The van der Waals surface area contributed by atoms with Gasteiger partial charge in [-0.3, -0.25) is 9.59 Å². The minimum absolute atomic E-state index is 0.135. The molecular weight excluding hydrogens is 400 g/mol. The van der Waals surface area contributed by atoms with E-state index in [1.165, 1.54) is 7.11 Å². The lowest BCUT2D eigenvalue weighted by Gasteiger charge is -2.12. The second kappa shape index (κ2) is 9.24. The average Bonchev–Trinajstić information content (AvgIpc) is 2.62. The van der Waals surface area contributed by atoms with Crippen LogP contribution in [0.3, 0.4) is 0 Å². The van der Waals surface area contributed by atoms with E-state index in [4.69, 9.17) is 9.47 Å². The maximum atomic E-state index is 12.3. The van der Waals surface area contributed by atoms with E-state index in [2.05, 4.69) is 26.6 Å². The van der Waals surface area contributed by atoms with Gasteiger partial charge in [0.15, 0.2) is 11.5 Å². The number of halogens is 1. The largest absolute Gasteiger partial charge is 0.493 e. The lowest BCUT2D eigenvalue weighted by Crippen LogP contribution is -2.33. The van der Waals surface area contributed by atoms with Crippen molar-refractivity contribution in [2.45, 2.75) is 13.8 Å². The summed E-state index contributed by atoms with van der Waals surface area (Å²) in [6.45, 7) is 4.12. The standard InChI is InChI=1S/C19H21BrN2O4/c1-4-26-16-8-5-13(10-17(16)25-3)19(24)21-11-18(23)22-15-7-6-14(20)9-12(15)2/h5-10H,4,11H2,1-3H3,(H,21,24)(H,22,23). The van der Waals surface area contributed by atoms with Gasteiger partial charge in [-0.2, -0.15) is 0 Å². The number of anilines is 1. The van der Waals surface area contributed by atoms with Gasteiger partial charge in [0.05, 0.1) is 20.3 Å². The molecule has 0 bridgehead atoms. The number of nitrogens with one attached hydrogen (secondary N) is 2. The summed E-state index contributed by atoms with van der Waals surface area (Å²) < 4.78 is 11.6. The highest BCUT2D eigenvalue weighted by atomic mass is 79.9. The molecule has 0 spiro atoms. The summed E-state index contributed by atoms with van der Waals surface area (Å²) in [4.78, 5) is 24.3. The van der Waals surface area contributed by atoms with Gasteiger partial charge >= 0.3 is 0 Å². The molecular formula is C19H21BrN2O4. The van der Waals surface area contributed by atoms with Gasteiger partial charge in [-0.15, -0.1) is 0 Å². The van der Waals surface area contributed by atoms with Crippen LogP contribution in [0.5, 0.6) is 11.5 Å². The third-order valence-corrected chi connectivity index (χ3v) is 4.09. The second-order valence-electron chi connectivity index (χ2n) is 5.49. The van der Waals surface area contributed by atoms with Gasteiger partial charge in [-0.05, 0) is 55.8 Å². The van der Waals surface area contributed by atoms with Crippen LogP contribution in [0.1, 0.15) is 22.8 Å². The highest BCUT2D eigenvalue weighted by Gasteiger charge is 2.12. The molecule has 0 fully saturated rings. The third kappa shape index (κ3) is 5.23. The monoisotopic (exact) mass is 420 g/mol. The van der Waals surface area contributed by atoms with Gasteiger partial charge in [-0.1, -0.05) is 15.9 Å². The van der Waals surface area contributed by atoms with Crippen molar-refractivity contribution in [3.05, 3.63) is 52.0 Å². The number of rotatable bonds is 7. The molecule has 0 aliphatic rings. The fourth-order valence-electron chi connectivity index (χ4n) is 2.31. The molecule has 0 radical (unpaired) electrons. The zero-order valence-corrected chi connectivity index (χ0v) is 16.5. The summed E-state index contributed by atoms with van der Waals surface area (Å²) in [6, 6.07) is 10.4. The molecule has 2 N–H and O–H groups in total. The first-order valence-electron chi connectivity index (χ1n) is 8.09. The number of hydrogen-bond acceptors (Lipinski definition) is 4. The number of carbonyl (C=O) groups is 2. The molecule has 0 aliphatic heterocycles. The fraction of sp³-hybridized carbons (Fsp3) is 0.263. The van der Waals surface area contributed by atoms with Crippen LogP contribution < -0.4 is 20.1 Å². The number of methoxy groups -OCH3 is 1. The van der Waals surface area contributed by atoms with E-state index in [0.29, 0.717) is 29.4 Å². The molecule has 2 amide bonds. The van der Waals surface area contributed by atoms with Crippen LogP contribution in [0.25, 0.3) is 0 Å². The predicted molar refractivity (Wildman–Crippen MR) is 104 cm³/mol. The molecule has 0 aliphatic carbocycles. The highest BCUT2D eigenvalue weighted by molar-refractivity contribution is 9.10. The van der Waals surface area contributed by atoms with Crippen molar-refractivity contribution in [2.75, 3.05) is 25.6 Å². The van der Waals surface area contributed by atoms with Crippen molar-refractivity contribution in [3.8, 4) is 11.5 Å². The first kappa shape index (κ1) is 19.8. The first-order valence-corrected chi connectivity index (χ1v) is 8.89. The van der Waals surface area contributed by atoms with Crippen molar-refractivity contribution >= 4 is 33.4 Å². The lowest BCUT2D eigenvalue weighted by molar-refractivity contribution is -0.115. The minimum atomic E-state index is -0.367. The van der Waals surface area contributed by atoms with Crippen molar-refractivity contribution in [1.82, 2.24) is 5.32 Å². The molecule has 7 heteroatoms. The zero-order valence-electron chi connectivity index (χ0n) is 14.9. The maximum Gasteiger partial charge on any atom is 0.251 e. The van der Waals surface area contributed by atoms with Crippen molar-refractivity contribution in [2.24, 2.45) is 0 Å². The highest BCUT2D eigenvalue weighted by Crippen LogP contribution is 2.28. The Morgan fingerprint density at radius 3 is 2.54 bits per heavy atom. The van der Waals surface area contributed by atoms with Gasteiger partial charge in [0.1, 0.15) is 0 Å². The van der Waals surface area contributed by atoms with E-state index in [1.54, 1.807) is 24.3 Å². The van der Waals surface area contributed by atoms with E-state index in [0.717, 1.165) is 10.0 Å². The average molecular weight is 421 g/mol. The number of ether oxygens (including phenoxy) is 2. The molecule has 0 aromatic heterocycles. The molecule has 26 heavy (non-hydrogen) atoms. The molecule has 0 unspecified atom stereocenters. The van der Waals surface area contributed by atoms with Gasteiger partial charge < -0.3 is 20.1 Å². The topological polar surface area (TPSA) is 76.7 Å². The Kier molecular flexibility index (Phi) is 7.03. The van der Waals surface area contributed by atoms with Crippen molar-refractivity contribution < 1.29 is 19.1 Å². The van der Waals surface area contributed by atoms with Crippen molar-refractivity contribution in [3.63, 3.8) is 0 Å². The van der Waals surface area contributed by atoms with Gasteiger partial charge in [0.25, 0.3) is 5.91 Å². The van der Waals surface area contributed by atoms with Crippen LogP contribution in [-0.2, 0) is 4.79 Å². The van der Waals surface area contributed by atoms with Crippen LogP contribution in [0.4, 0.5) is 5.69 Å². The van der Waals surface area contributed by atoms with Gasteiger partial charge in [0, 0.05) is 15.7 Å².